The van der Waals surface area contributed by atoms with Crippen molar-refractivity contribution in [2.75, 3.05) is 38.7 Å². The van der Waals surface area contributed by atoms with E-state index in [1.165, 1.54) is 35.9 Å². The van der Waals surface area contributed by atoms with Crippen molar-refractivity contribution in [2.24, 2.45) is 5.92 Å². The second-order valence-electron chi connectivity index (χ2n) is 8.92. The predicted octanol–water partition coefficient (Wildman–Crippen LogP) is 5.33. The maximum Gasteiger partial charge on any atom is 0.186 e. The standard InChI is InChI=1S/C25H30ClN3O2/c1-28(2)24-16-30-25-22(4-3-5-23(25)31-24)29-12-10-17(11-13-29)6-7-18-15-27-21-14-19(26)8-9-20(18)21/h3-5,8-9,14-15,17,24,27H,6-7,10-13,16H2,1-2H3. The fourth-order valence-corrected chi connectivity index (χ4v) is 4.94. The summed E-state index contributed by atoms with van der Waals surface area (Å²) in [5, 5.41) is 2.08. The first-order chi connectivity index (χ1) is 15.1. The first-order valence-corrected chi connectivity index (χ1v) is 11.6. The Hall–Kier alpha value is -2.37. The van der Waals surface area contributed by atoms with Gasteiger partial charge in [0, 0.05) is 35.2 Å². The molecule has 0 spiro atoms. The maximum absolute atomic E-state index is 6.13. The number of rotatable bonds is 5. The van der Waals surface area contributed by atoms with Gasteiger partial charge in [-0.3, -0.25) is 4.90 Å². The number of nitrogens with zero attached hydrogens (tertiary/aromatic N) is 2. The lowest BCUT2D eigenvalue weighted by atomic mass is 9.90. The lowest BCUT2D eigenvalue weighted by molar-refractivity contribution is -0.00169. The van der Waals surface area contributed by atoms with Crippen LogP contribution in [-0.2, 0) is 6.42 Å². The molecule has 1 fully saturated rings. The zero-order valence-electron chi connectivity index (χ0n) is 18.2. The minimum Gasteiger partial charge on any atom is -0.482 e. The summed E-state index contributed by atoms with van der Waals surface area (Å²) in [4.78, 5) is 7.87. The highest BCUT2D eigenvalue weighted by molar-refractivity contribution is 6.31. The molecular weight excluding hydrogens is 410 g/mol. The van der Waals surface area contributed by atoms with Gasteiger partial charge in [0.2, 0.25) is 0 Å². The zero-order chi connectivity index (χ0) is 21.4. The van der Waals surface area contributed by atoms with Crippen LogP contribution in [0.3, 0.4) is 0 Å². The molecule has 164 valence electrons. The summed E-state index contributed by atoms with van der Waals surface area (Å²) in [6, 6.07) is 12.4. The van der Waals surface area contributed by atoms with Gasteiger partial charge in [-0.25, -0.2) is 0 Å². The Kier molecular flexibility index (Phi) is 5.72. The Morgan fingerprint density at radius 3 is 2.81 bits per heavy atom. The summed E-state index contributed by atoms with van der Waals surface area (Å²) in [6.45, 7) is 2.68. The number of para-hydroxylation sites is 1. The quantitative estimate of drug-likeness (QED) is 0.583. The third-order valence-electron chi connectivity index (χ3n) is 6.67. The Balaban J connectivity index is 1.20. The Morgan fingerprint density at radius 1 is 1.16 bits per heavy atom. The SMILES string of the molecule is CN(C)C1COc2c(cccc2N2CCC(CCc3c[nH]c4cc(Cl)ccc34)CC2)O1. The van der Waals surface area contributed by atoms with Gasteiger partial charge in [-0.1, -0.05) is 23.7 Å². The summed E-state index contributed by atoms with van der Waals surface area (Å²) >= 11 is 6.11. The molecule has 0 aliphatic carbocycles. The van der Waals surface area contributed by atoms with E-state index in [0.717, 1.165) is 47.5 Å². The van der Waals surface area contributed by atoms with E-state index in [9.17, 15) is 0 Å². The molecule has 0 bridgehead atoms. The average molecular weight is 440 g/mol. The average Bonchev–Trinajstić information content (AvgIpc) is 3.19. The van der Waals surface area contributed by atoms with Crippen molar-refractivity contribution in [3.05, 3.63) is 53.2 Å². The molecule has 1 N–H and O–H groups in total. The Bertz CT molecular complexity index is 1060. The Morgan fingerprint density at radius 2 is 2.00 bits per heavy atom. The highest BCUT2D eigenvalue weighted by Crippen LogP contribution is 2.42. The molecule has 1 atom stereocenters. The van der Waals surface area contributed by atoms with Crippen LogP contribution in [0.5, 0.6) is 11.5 Å². The normalized spacial score (nSPS) is 19.4. The van der Waals surface area contributed by atoms with Gasteiger partial charge in [0.25, 0.3) is 0 Å². The molecule has 0 amide bonds. The molecule has 5 rings (SSSR count). The van der Waals surface area contributed by atoms with Crippen LogP contribution in [0, 0.1) is 5.92 Å². The van der Waals surface area contributed by atoms with Gasteiger partial charge >= 0.3 is 0 Å². The summed E-state index contributed by atoms with van der Waals surface area (Å²) < 4.78 is 12.3. The molecule has 31 heavy (non-hydrogen) atoms. The molecule has 1 saturated heterocycles. The number of hydrogen-bond acceptors (Lipinski definition) is 4. The second kappa shape index (κ2) is 8.64. The van der Waals surface area contributed by atoms with Crippen LogP contribution in [0.15, 0.2) is 42.6 Å². The minimum absolute atomic E-state index is 0.0333. The molecule has 1 aromatic heterocycles. The molecule has 0 radical (unpaired) electrons. The molecule has 2 aliphatic rings. The van der Waals surface area contributed by atoms with E-state index in [1.807, 2.05) is 37.2 Å². The summed E-state index contributed by atoms with van der Waals surface area (Å²) in [5.41, 5.74) is 3.69. The van der Waals surface area contributed by atoms with Crippen molar-refractivity contribution >= 4 is 28.2 Å². The van der Waals surface area contributed by atoms with E-state index in [4.69, 9.17) is 21.1 Å². The van der Waals surface area contributed by atoms with Crippen molar-refractivity contribution in [3.8, 4) is 11.5 Å². The molecular formula is C25H30ClN3O2. The van der Waals surface area contributed by atoms with Crippen LogP contribution < -0.4 is 14.4 Å². The van der Waals surface area contributed by atoms with Gasteiger partial charge in [0.15, 0.2) is 17.7 Å². The fourth-order valence-electron chi connectivity index (χ4n) is 4.77. The molecule has 3 aromatic rings. The van der Waals surface area contributed by atoms with Crippen LogP contribution in [0.1, 0.15) is 24.8 Å². The number of aromatic nitrogens is 1. The van der Waals surface area contributed by atoms with Crippen molar-refractivity contribution in [1.82, 2.24) is 9.88 Å². The van der Waals surface area contributed by atoms with E-state index >= 15 is 0 Å². The maximum atomic E-state index is 6.13. The third-order valence-corrected chi connectivity index (χ3v) is 6.91. The molecule has 6 heteroatoms. The van der Waals surface area contributed by atoms with Crippen molar-refractivity contribution in [1.29, 1.82) is 0 Å². The molecule has 0 saturated carbocycles. The number of piperidine rings is 1. The largest absolute Gasteiger partial charge is 0.482 e. The number of aryl methyl sites for hydroxylation is 1. The number of ether oxygens (including phenoxy) is 2. The third kappa shape index (κ3) is 4.21. The number of halogens is 1. The van der Waals surface area contributed by atoms with Gasteiger partial charge in [0.05, 0.1) is 5.69 Å². The Labute approximate surface area is 188 Å². The van der Waals surface area contributed by atoms with Crippen LogP contribution in [0.25, 0.3) is 10.9 Å². The van der Waals surface area contributed by atoms with Gasteiger partial charge in [-0.05, 0) is 75.5 Å². The summed E-state index contributed by atoms with van der Waals surface area (Å²) in [7, 11) is 4.03. The molecule has 1 unspecified atom stereocenters. The van der Waals surface area contributed by atoms with Crippen LogP contribution in [0.4, 0.5) is 5.69 Å². The van der Waals surface area contributed by atoms with Crippen molar-refractivity contribution in [2.45, 2.75) is 31.9 Å². The monoisotopic (exact) mass is 439 g/mol. The first-order valence-electron chi connectivity index (χ1n) is 11.2. The second-order valence-corrected chi connectivity index (χ2v) is 9.36. The molecule has 2 aliphatic heterocycles. The lowest BCUT2D eigenvalue weighted by Gasteiger charge is -2.37. The minimum atomic E-state index is -0.0333. The number of fused-ring (bicyclic) bond motifs is 2. The molecule has 3 heterocycles. The topological polar surface area (TPSA) is 40.7 Å². The molecule has 5 nitrogen and oxygen atoms in total. The summed E-state index contributed by atoms with van der Waals surface area (Å²) in [5.74, 6) is 2.50. The number of benzene rings is 2. The van der Waals surface area contributed by atoms with E-state index in [0.29, 0.717) is 6.61 Å². The van der Waals surface area contributed by atoms with Crippen molar-refractivity contribution < 1.29 is 9.47 Å². The highest BCUT2D eigenvalue weighted by atomic mass is 35.5. The number of anilines is 1. The number of hydrogen-bond donors (Lipinski definition) is 1. The number of H-pyrrole nitrogens is 1. The van der Waals surface area contributed by atoms with Gasteiger partial charge in [-0.15, -0.1) is 0 Å². The van der Waals surface area contributed by atoms with Crippen LogP contribution >= 0.6 is 11.6 Å². The highest BCUT2D eigenvalue weighted by Gasteiger charge is 2.28. The van der Waals surface area contributed by atoms with E-state index in [-0.39, 0.29) is 6.23 Å². The zero-order valence-corrected chi connectivity index (χ0v) is 19.0. The fraction of sp³-hybridized carbons (Fsp3) is 0.440. The van der Waals surface area contributed by atoms with E-state index in [2.05, 4.69) is 34.3 Å². The first kappa shape index (κ1) is 20.5. The van der Waals surface area contributed by atoms with Crippen LogP contribution in [-0.4, -0.2) is 49.9 Å². The molecule has 2 aromatic carbocycles. The smallest absolute Gasteiger partial charge is 0.186 e. The van der Waals surface area contributed by atoms with Gasteiger partial charge < -0.3 is 19.4 Å². The van der Waals surface area contributed by atoms with E-state index in [1.54, 1.807) is 0 Å². The predicted molar refractivity (Wildman–Crippen MR) is 127 cm³/mol. The summed E-state index contributed by atoms with van der Waals surface area (Å²) in [6.07, 6.45) is 6.85. The number of nitrogens with one attached hydrogen (secondary N) is 1. The van der Waals surface area contributed by atoms with Gasteiger partial charge in [0.1, 0.15) is 6.61 Å². The van der Waals surface area contributed by atoms with Crippen molar-refractivity contribution in [3.63, 3.8) is 0 Å². The number of aromatic amines is 1. The van der Waals surface area contributed by atoms with E-state index < -0.39 is 0 Å². The van der Waals surface area contributed by atoms with Crippen LogP contribution in [0.2, 0.25) is 5.02 Å². The van der Waals surface area contributed by atoms with Gasteiger partial charge in [-0.2, -0.15) is 0 Å². The lowest BCUT2D eigenvalue weighted by Crippen LogP contribution is -2.41. The number of likely N-dealkylation sites (N-methyl/N-ethyl adjacent to an activating group) is 1.